The summed E-state index contributed by atoms with van der Waals surface area (Å²) in [4.78, 5) is 0. The lowest BCUT2D eigenvalue weighted by molar-refractivity contribution is 0.103. The van der Waals surface area contributed by atoms with Gasteiger partial charge in [-0.05, 0) is 81.3 Å². The Morgan fingerprint density at radius 2 is 1.31 bits per heavy atom. The van der Waals surface area contributed by atoms with Crippen molar-refractivity contribution in [1.29, 1.82) is 0 Å². The summed E-state index contributed by atoms with van der Waals surface area (Å²) in [5.41, 5.74) is 0. The topological polar surface area (TPSA) is 18.5 Å². The van der Waals surface area contributed by atoms with Gasteiger partial charge < -0.3 is 9.47 Å². The molecule has 2 fully saturated rings. The predicted molar refractivity (Wildman–Crippen MR) is 102 cm³/mol. The molecule has 2 saturated carbocycles. The molecule has 0 aliphatic heterocycles. The molecule has 2 nitrogen and oxygen atoms in total. The molecule has 0 bridgehead atoms. The van der Waals surface area contributed by atoms with E-state index in [9.17, 15) is 8.78 Å². The van der Waals surface area contributed by atoms with Crippen LogP contribution in [-0.2, 0) is 9.47 Å². The van der Waals surface area contributed by atoms with E-state index in [2.05, 4.69) is 6.92 Å². The standard InChI is InChI=1S/C22H34F2O2/c1-3-25-21(14-23)12-13-22(15-24)26-16-18-6-10-20(11-7-18)19-8-4-17(2)5-9-19/h12-15,17-20H,3-11,16H2,1-2H3/b13-12-,21-14-,22-15-. The van der Waals surface area contributed by atoms with E-state index >= 15 is 0 Å². The summed E-state index contributed by atoms with van der Waals surface area (Å²) in [6, 6.07) is 0. The van der Waals surface area contributed by atoms with Crippen molar-refractivity contribution < 1.29 is 18.3 Å². The van der Waals surface area contributed by atoms with Crippen molar-refractivity contribution in [2.24, 2.45) is 23.7 Å². The molecule has 0 atom stereocenters. The summed E-state index contributed by atoms with van der Waals surface area (Å²) in [6.45, 7) is 5.02. The third-order valence-corrected chi connectivity index (χ3v) is 6.04. The quantitative estimate of drug-likeness (QED) is 0.344. The van der Waals surface area contributed by atoms with Gasteiger partial charge in [0.25, 0.3) is 0 Å². The van der Waals surface area contributed by atoms with Crippen molar-refractivity contribution in [2.45, 2.75) is 65.2 Å². The summed E-state index contributed by atoms with van der Waals surface area (Å²) in [5, 5.41) is 0. The number of hydrogen-bond donors (Lipinski definition) is 0. The van der Waals surface area contributed by atoms with Crippen LogP contribution in [0.4, 0.5) is 8.78 Å². The van der Waals surface area contributed by atoms with Gasteiger partial charge in [0, 0.05) is 0 Å². The normalized spacial score (nSPS) is 31.2. The lowest BCUT2D eigenvalue weighted by atomic mass is 9.69. The summed E-state index contributed by atoms with van der Waals surface area (Å²) >= 11 is 0. The molecule has 0 amide bonds. The Kier molecular flexibility index (Phi) is 9.21. The smallest absolute Gasteiger partial charge is 0.147 e. The van der Waals surface area contributed by atoms with Crippen LogP contribution in [0.25, 0.3) is 0 Å². The van der Waals surface area contributed by atoms with E-state index in [0.29, 0.717) is 31.8 Å². The van der Waals surface area contributed by atoms with E-state index in [4.69, 9.17) is 9.47 Å². The molecule has 2 rings (SSSR count). The highest BCUT2D eigenvalue weighted by atomic mass is 19.1. The van der Waals surface area contributed by atoms with Gasteiger partial charge in [0.15, 0.2) is 0 Å². The van der Waals surface area contributed by atoms with Crippen LogP contribution in [0.15, 0.2) is 36.3 Å². The molecule has 4 heteroatoms. The molecule has 2 aliphatic rings. The van der Waals surface area contributed by atoms with Crippen LogP contribution in [0.5, 0.6) is 0 Å². The molecule has 0 aromatic rings. The Morgan fingerprint density at radius 1 is 0.808 bits per heavy atom. The average Bonchev–Trinajstić information content (AvgIpc) is 2.68. The van der Waals surface area contributed by atoms with E-state index in [0.717, 1.165) is 30.6 Å². The summed E-state index contributed by atoms with van der Waals surface area (Å²) in [6.07, 6.45) is 14.0. The van der Waals surface area contributed by atoms with Gasteiger partial charge in [0.1, 0.15) is 24.2 Å². The van der Waals surface area contributed by atoms with Crippen molar-refractivity contribution in [2.75, 3.05) is 13.2 Å². The van der Waals surface area contributed by atoms with Gasteiger partial charge in [-0.25, -0.2) is 8.78 Å². The van der Waals surface area contributed by atoms with Gasteiger partial charge in [-0.2, -0.15) is 0 Å². The monoisotopic (exact) mass is 368 g/mol. The molecular weight excluding hydrogens is 334 g/mol. The molecular formula is C22H34F2O2. The maximum atomic E-state index is 13.0. The third-order valence-electron chi connectivity index (χ3n) is 6.04. The molecule has 0 radical (unpaired) electrons. The van der Waals surface area contributed by atoms with Crippen molar-refractivity contribution in [1.82, 2.24) is 0 Å². The second-order valence-corrected chi connectivity index (χ2v) is 7.90. The molecule has 0 aromatic carbocycles. The van der Waals surface area contributed by atoms with Gasteiger partial charge in [-0.3, -0.25) is 0 Å². The third kappa shape index (κ3) is 6.77. The average molecular weight is 369 g/mol. The van der Waals surface area contributed by atoms with E-state index in [-0.39, 0.29) is 11.5 Å². The van der Waals surface area contributed by atoms with Crippen molar-refractivity contribution in [3.63, 3.8) is 0 Å². The van der Waals surface area contributed by atoms with Crippen LogP contribution < -0.4 is 0 Å². The molecule has 2 aliphatic carbocycles. The fraction of sp³-hybridized carbons (Fsp3) is 0.727. The van der Waals surface area contributed by atoms with Gasteiger partial charge in [0.05, 0.1) is 13.2 Å². The fourth-order valence-corrected chi connectivity index (χ4v) is 4.36. The number of ether oxygens (including phenoxy) is 2. The summed E-state index contributed by atoms with van der Waals surface area (Å²) < 4.78 is 36.2. The Morgan fingerprint density at radius 3 is 1.81 bits per heavy atom. The second kappa shape index (κ2) is 11.4. The van der Waals surface area contributed by atoms with Crippen molar-refractivity contribution in [3.8, 4) is 0 Å². The predicted octanol–water partition coefficient (Wildman–Crippen LogP) is 6.85. The SMILES string of the molecule is CCOC(/C=C\C(=C\F)OCC1CCC(C2CCC(C)CC2)CC1)=C\F. The minimum Gasteiger partial charge on any atom is -0.491 e. The van der Waals surface area contributed by atoms with Crippen molar-refractivity contribution >= 4 is 0 Å². The molecule has 0 saturated heterocycles. The van der Waals surface area contributed by atoms with Crippen LogP contribution in [0.2, 0.25) is 0 Å². The molecule has 148 valence electrons. The minimum absolute atomic E-state index is 0.0674. The molecule has 0 aromatic heterocycles. The van der Waals surface area contributed by atoms with Crippen molar-refractivity contribution in [3.05, 3.63) is 36.3 Å². The van der Waals surface area contributed by atoms with Crippen LogP contribution in [0, 0.1) is 23.7 Å². The van der Waals surface area contributed by atoms with Gasteiger partial charge >= 0.3 is 0 Å². The second-order valence-electron chi connectivity index (χ2n) is 7.90. The Hall–Kier alpha value is -1.32. The molecule has 0 N–H and O–H groups in total. The van der Waals surface area contributed by atoms with Gasteiger partial charge in [-0.15, -0.1) is 0 Å². The molecule has 0 heterocycles. The summed E-state index contributed by atoms with van der Waals surface area (Å²) in [7, 11) is 0. The van der Waals surface area contributed by atoms with Crippen LogP contribution in [-0.4, -0.2) is 13.2 Å². The highest BCUT2D eigenvalue weighted by Gasteiger charge is 2.30. The molecule has 0 unspecified atom stereocenters. The number of rotatable bonds is 8. The minimum atomic E-state index is 0.0674. The molecule has 26 heavy (non-hydrogen) atoms. The van der Waals surface area contributed by atoms with Gasteiger partial charge in [0.2, 0.25) is 0 Å². The van der Waals surface area contributed by atoms with Crippen LogP contribution in [0.1, 0.15) is 65.2 Å². The zero-order chi connectivity index (χ0) is 18.8. The first-order valence-electron chi connectivity index (χ1n) is 10.2. The number of hydrogen-bond acceptors (Lipinski definition) is 2. The first-order chi connectivity index (χ1) is 12.7. The zero-order valence-electron chi connectivity index (χ0n) is 16.3. The Bertz CT molecular complexity index is 482. The van der Waals surface area contributed by atoms with E-state index < -0.39 is 0 Å². The lowest BCUT2D eigenvalue weighted by Crippen LogP contribution is -2.26. The van der Waals surface area contributed by atoms with Gasteiger partial charge in [-0.1, -0.05) is 19.8 Å². The first kappa shape index (κ1) is 21.0. The van der Waals surface area contributed by atoms with Crippen LogP contribution >= 0.6 is 0 Å². The summed E-state index contributed by atoms with van der Waals surface area (Å²) in [5.74, 6) is 3.37. The zero-order valence-corrected chi connectivity index (χ0v) is 16.3. The Balaban J connectivity index is 1.70. The highest BCUT2D eigenvalue weighted by Crippen LogP contribution is 2.41. The molecule has 0 spiro atoms. The maximum Gasteiger partial charge on any atom is 0.147 e. The van der Waals surface area contributed by atoms with E-state index in [1.165, 1.54) is 50.7 Å². The van der Waals surface area contributed by atoms with E-state index in [1.807, 2.05) is 0 Å². The van der Waals surface area contributed by atoms with Crippen LogP contribution in [0.3, 0.4) is 0 Å². The number of halogens is 2. The highest BCUT2D eigenvalue weighted by molar-refractivity contribution is 5.19. The Labute approximate surface area is 157 Å². The maximum absolute atomic E-state index is 13.0. The number of allylic oxidation sites excluding steroid dienone is 2. The fourth-order valence-electron chi connectivity index (χ4n) is 4.36. The lowest BCUT2D eigenvalue weighted by Gasteiger charge is -2.37. The first-order valence-corrected chi connectivity index (χ1v) is 10.2. The largest absolute Gasteiger partial charge is 0.491 e. The van der Waals surface area contributed by atoms with E-state index in [1.54, 1.807) is 6.92 Å².